The molecule has 5 heteroatoms. The van der Waals surface area contributed by atoms with Gasteiger partial charge in [-0.2, -0.15) is 0 Å². The second-order valence-corrected chi connectivity index (χ2v) is 4.01. The minimum Gasteiger partial charge on any atom is -0.363 e. The zero-order valence-electron chi connectivity index (χ0n) is 7.78. The highest BCUT2D eigenvalue weighted by Crippen LogP contribution is 2.23. The number of aromatic nitrogens is 2. The molecular weight excluding hydrogens is 186 g/mol. The maximum absolute atomic E-state index is 10.7. The van der Waals surface area contributed by atoms with Crippen LogP contribution in [0.1, 0.15) is 47.4 Å². The van der Waals surface area contributed by atoms with E-state index in [9.17, 15) is 4.79 Å². The number of rotatable bonds is 4. The summed E-state index contributed by atoms with van der Waals surface area (Å²) in [5.41, 5.74) is 5.07. The van der Waals surface area contributed by atoms with Crippen LogP contribution in [-0.2, 0) is 0 Å². The summed E-state index contributed by atoms with van der Waals surface area (Å²) in [7, 11) is 0. The van der Waals surface area contributed by atoms with E-state index in [1.54, 1.807) is 0 Å². The molecule has 0 bridgehead atoms. The number of hydrogen-bond acceptors (Lipinski definition) is 4. The summed E-state index contributed by atoms with van der Waals surface area (Å²) in [5.74, 6) is -0.122. The van der Waals surface area contributed by atoms with Gasteiger partial charge in [0.15, 0.2) is 0 Å². The van der Waals surface area contributed by atoms with Gasteiger partial charge in [0.25, 0.3) is 5.91 Å². The van der Waals surface area contributed by atoms with Crippen molar-refractivity contribution in [2.24, 2.45) is 5.73 Å². The monoisotopic (exact) mass is 199 g/mol. The van der Waals surface area contributed by atoms with Crippen molar-refractivity contribution in [3.8, 4) is 0 Å². The summed E-state index contributed by atoms with van der Waals surface area (Å²) in [6.45, 7) is 4.20. The molecule has 1 amide bonds. The molecule has 72 valence electrons. The normalized spacial score (nSPS) is 12.8. The zero-order valence-corrected chi connectivity index (χ0v) is 8.60. The summed E-state index contributed by atoms with van der Waals surface area (Å²) in [6.07, 6.45) is 2.17. The molecule has 2 N–H and O–H groups in total. The van der Waals surface area contributed by atoms with Gasteiger partial charge < -0.3 is 5.73 Å². The van der Waals surface area contributed by atoms with Crippen molar-refractivity contribution in [1.82, 2.24) is 10.2 Å². The van der Waals surface area contributed by atoms with Crippen LogP contribution in [0.25, 0.3) is 0 Å². The van der Waals surface area contributed by atoms with E-state index < -0.39 is 5.91 Å². The Kier molecular flexibility index (Phi) is 3.36. The molecule has 1 atom stereocenters. The van der Waals surface area contributed by atoms with Crippen molar-refractivity contribution in [2.75, 3.05) is 0 Å². The standard InChI is InChI=1S/C8H13N3OS/c1-3-4-5(2)7-10-11-8(13-7)6(9)12/h5H,3-4H2,1-2H3,(H2,9,12). The van der Waals surface area contributed by atoms with Gasteiger partial charge in [0.2, 0.25) is 5.01 Å². The van der Waals surface area contributed by atoms with Crippen LogP contribution in [0.2, 0.25) is 0 Å². The van der Waals surface area contributed by atoms with E-state index in [0.717, 1.165) is 17.8 Å². The zero-order chi connectivity index (χ0) is 9.84. The first-order valence-corrected chi connectivity index (χ1v) is 5.10. The molecule has 1 aromatic rings. The Morgan fingerprint density at radius 2 is 2.31 bits per heavy atom. The van der Waals surface area contributed by atoms with E-state index in [2.05, 4.69) is 24.0 Å². The molecule has 0 saturated carbocycles. The van der Waals surface area contributed by atoms with Crippen LogP contribution in [0.3, 0.4) is 0 Å². The third kappa shape index (κ3) is 2.48. The van der Waals surface area contributed by atoms with E-state index >= 15 is 0 Å². The van der Waals surface area contributed by atoms with Crippen molar-refractivity contribution >= 4 is 17.2 Å². The molecule has 1 rings (SSSR count). The fourth-order valence-corrected chi connectivity index (χ4v) is 1.87. The Hall–Kier alpha value is -0.970. The topological polar surface area (TPSA) is 68.9 Å². The highest BCUT2D eigenvalue weighted by molar-refractivity contribution is 7.13. The lowest BCUT2D eigenvalue weighted by molar-refractivity contribution is 0.0999. The van der Waals surface area contributed by atoms with Gasteiger partial charge in [-0.15, -0.1) is 10.2 Å². The third-order valence-electron chi connectivity index (χ3n) is 1.79. The Morgan fingerprint density at radius 3 is 2.77 bits per heavy atom. The van der Waals surface area contributed by atoms with E-state index in [1.165, 1.54) is 11.3 Å². The molecule has 1 unspecified atom stereocenters. The Bertz CT molecular complexity index is 297. The molecule has 1 aromatic heterocycles. The SMILES string of the molecule is CCCC(C)c1nnc(C(N)=O)s1. The maximum Gasteiger partial charge on any atom is 0.279 e. The maximum atomic E-state index is 10.7. The first-order chi connectivity index (χ1) is 6.15. The van der Waals surface area contributed by atoms with Gasteiger partial charge in [-0.05, 0) is 6.42 Å². The number of nitrogens with zero attached hydrogens (tertiary/aromatic N) is 2. The predicted molar refractivity (Wildman–Crippen MR) is 51.7 cm³/mol. The van der Waals surface area contributed by atoms with Gasteiger partial charge in [0.05, 0.1) is 0 Å². The van der Waals surface area contributed by atoms with Gasteiger partial charge in [-0.3, -0.25) is 4.79 Å². The second kappa shape index (κ2) is 4.32. The molecular formula is C8H13N3OS. The fourth-order valence-electron chi connectivity index (χ4n) is 1.09. The molecule has 1 heterocycles. The minimum absolute atomic E-state index is 0.304. The summed E-state index contributed by atoms with van der Waals surface area (Å²) in [6, 6.07) is 0. The lowest BCUT2D eigenvalue weighted by Crippen LogP contribution is -2.10. The number of carbonyl (C=O) groups excluding carboxylic acids is 1. The summed E-state index contributed by atoms with van der Waals surface area (Å²) in [4.78, 5) is 10.7. The third-order valence-corrected chi connectivity index (χ3v) is 2.96. The van der Waals surface area contributed by atoms with Crippen LogP contribution < -0.4 is 5.73 Å². The van der Waals surface area contributed by atoms with Crippen LogP contribution in [0, 0.1) is 0 Å². The van der Waals surface area contributed by atoms with Crippen molar-refractivity contribution < 1.29 is 4.79 Å². The first-order valence-electron chi connectivity index (χ1n) is 4.28. The molecule has 0 aliphatic heterocycles. The van der Waals surface area contributed by atoms with E-state index in [0.29, 0.717) is 10.9 Å². The Balaban J connectivity index is 2.73. The summed E-state index contributed by atoms with van der Waals surface area (Å²) >= 11 is 1.29. The predicted octanol–water partition coefficient (Wildman–Crippen LogP) is 1.54. The number of primary amides is 1. The molecule has 0 radical (unpaired) electrons. The highest BCUT2D eigenvalue weighted by Gasteiger charge is 2.13. The average molecular weight is 199 g/mol. The lowest BCUT2D eigenvalue weighted by atomic mass is 10.1. The largest absolute Gasteiger partial charge is 0.363 e. The highest BCUT2D eigenvalue weighted by atomic mass is 32.1. The average Bonchev–Trinajstić information content (AvgIpc) is 2.52. The van der Waals surface area contributed by atoms with Crippen molar-refractivity contribution in [3.05, 3.63) is 10.0 Å². The van der Waals surface area contributed by atoms with E-state index in [-0.39, 0.29) is 0 Å². The van der Waals surface area contributed by atoms with Gasteiger partial charge >= 0.3 is 0 Å². The number of amides is 1. The van der Waals surface area contributed by atoms with Gasteiger partial charge in [0.1, 0.15) is 5.01 Å². The van der Waals surface area contributed by atoms with Crippen LogP contribution >= 0.6 is 11.3 Å². The molecule has 0 fully saturated rings. The van der Waals surface area contributed by atoms with Gasteiger partial charge in [0, 0.05) is 5.92 Å². The van der Waals surface area contributed by atoms with Gasteiger partial charge in [-0.1, -0.05) is 31.6 Å². The molecule has 0 saturated heterocycles. The van der Waals surface area contributed by atoms with E-state index in [1.807, 2.05) is 0 Å². The number of carbonyl (C=O) groups is 1. The fraction of sp³-hybridized carbons (Fsp3) is 0.625. The van der Waals surface area contributed by atoms with Crippen molar-refractivity contribution in [2.45, 2.75) is 32.6 Å². The number of hydrogen-bond donors (Lipinski definition) is 1. The molecule has 13 heavy (non-hydrogen) atoms. The van der Waals surface area contributed by atoms with Crippen LogP contribution in [0.4, 0.5) is 0 Å². The van der Waals surface area contributed by atoms with Gasteiger partial charge in [-0.25, -0.2) is 0 Å². The molecule has 0 aromatic carbocycles. The van der Waals surface area contributed by atoms with E-state index in [4.69, 9.17) is 5.73 Å². The van der Waals surface area contributed by atoms with Crippen LogP contribution in [0.15, 0.2) is 0 Å². The first kappa shape index (κ1) is 10.1. The number of nitrogens with two attached hydrogens (primary N) is 1. The second-order valence-electron chi connectivity index (χ2n) is 3.00. The molecule has 0 spiro atoms. The Labute approximate surface area is 81.2 Å². The molecule has 0 aliphatic rings. The van der Waals surface area contributed by atoms with Crippen molar-refractivity contribution in [3.63, 3.8) is 0 Å². The minimum atomic E-state index is -0.493. The molecule has 0 aliphatic carbocycles. The summed E-state index contributed by atoms with van der Waals surface area (Å²) in [5, 5.41) is 8.84. The van der Waals surface area contributed by atoms with Crippen LogP contribution in [-0.4, -0.2) is 16.1 Å². The quantitative estimate of drug-likeness (QED) is 0.799. The smallest absolute Gasteiger partial charge is 0.279 e. The Morgan fingerprint density at radius 1 is 1.62 bits per heavy atom. The molecule has 4 nitrogen and oxygen atoms in total. The van der Waals surface area contributed by atoms with Crippen LogP contribution in [0.5, 0.6) is 0 Å². The van der Waals surface area contributed by atoms with Crippen molar-refractivity contribution in [1.29, 1.82) is 0 Å². The summed E-state index contributed by atoms with van der Waals surface area (Å²) < 4.78 is 0. The lowest BCUT2D eigenvalue weighted by Gasteiger charge is -2.02.